The van der Waals surface area contributed by atoms with Crippen molar-refractivity contribution >= 4 is 23.6 Å². The number of unbranched alkanes of at least 4 members (excludes halogenated alkanes) is 1. The van der Waals surface area contributed by atoms with Gasteiger partial charge in [-0.25, -0.2) is 4.79 Å². The fraction of sp³-hybridized carbons (Fsp3) is 0.348. The van der Waals surface area contributed by atoms with Crippen LogP contribution in [0.2, 0.25) is 0 Å². The first-order valence-electron chi connectivity index (χ1n) is 10.4. The molecule has 7 nitrogen and oxygen atoms in total. The number of amides is 3. The molecule has 178 valence electrons. The molecule has 0 fully saturated rings. The van der Waals surface area contributed by atoms with Gasteiger partial charge in [-0.2, -0.15) is 13.2 Å². The number of ether oxygens (including phenoxy) is 1. The van der Waals surface area contributed by atoms with Crippen LogP contribution >= 0.6 is 0 Å². The highest BCUT2D eigenvalue weighted by Crippen LogP contribution is 2.18. The summed E-state index contributed by atoms with van der Waals surface area (Å²) in [5, 5.41) is 7.42. The zero-order chi connectivity index (χ0) is 24.1. The van der Waals surface area contributed by atoms with Gasteiger partial charge in [-0.15, -0.1) is 0 Å². The number of hydrogen-bond donors (Lipinski definition) is 3. The van der Waals surface area contributed by atoms with Gasteiger partial charge in [0, 0.05) is 12.2 Å². The number of carbonyl (C=O) groups is 3. The number of nitrogens with one attached hydrogen (secondary N) is 3. The molecule has 0 unspecified atom stereocenters. The Labute approximate surface area is 189 Å². The molecule has 10 heteroatoms. The second kappa shape index (κ2) is 13.1. The maximum atomic E-state index is 12.7. The fourth-order valence-corrected chi connectivity index (χ4v) is 2.87. The van der Waals surface area contributed by atoms with Crippen LogP contribution in [0.3, 0.4) is 0 Å². The lowest BCUT2D eigenvalue weighted by molar-refractivity contribution is -0.153. The first kappa shape index (κ1) is 25.7. The van der Waals surface area contributed by atoms with Gasteiger partial charge in [0.1, 0.15) is 19.1 Å². The number of alkyl halides is 3. The van der Waals surface area contributed by atoms with E-state index in [0.29, 0.717) is 18.5 Å². The van der Waals surface area contributed by atoms with Crippen LogP contribution in [-0.2, 0) is 20.9 Å². The maximum absolute atomic E-state index is 12.7. The van der Waals surface area contributed by atoms with Crippen molar-refractivity contribution in [3.8, 4) is 0 Å². The third-order valence-corrected chi connectivity index (χ3v) is 4.47. The van der Waals surface area contributed by atoms with Crippen LogP contribution in [0.15, 0.2) is 60.7 Å². The van der Waals surface area contributed by atoms with Gasteiger partial charge in [-0.1, -0.05) is 48.5 Å². The van der Waals surface area contributed by atoms with Crippen LogP contribution < -0.4 is 16.0 Å². The molecule has 3 amide bonds. The summed E-state index contributed by atoms with van der Waals surface area (Å²) in [4.78, 5) is 36.1. The largest absolute Gasteiger partial charge is 0.445 e. The SMILES string of the molecule is O=C(CC(F)(F)F)NCCCC[C@H](NC(=O)OCc1ccccc1)C(=O)Nc1ccccc1. The third kappa shape index (κ3) is 11.0. The van der Waals surface area contributed by atoms with Crippen LogP contribution in [-0.4, -0.2) is 36.7 Å². The second-order valence-electron chi connectivity index (χ2n) is 7.25. The zero-order valence-electron chi connectivity index (χ0n) is 17.9. The smallest absolute Gasteiger partial charge is 0.408 e. The van der Waals surface area contributed by atoms with Crippen LogP contribution in [0, 0.1) is 0 Å². The van der Waals surface area contributed by atoms with Crippen molar-refractivity contribution in [3.63, 3.8) is 0 Å². The van der Waals surface area contributed by atoms with Crippen molar-refractivity contribution in [2.45, 2.75) is 44.5 Å². The van der Waals surface area contributed by atoms with Crippen LogP contribution in [0.5, 0.6) is 0 Å². The van der Waals surface area contributed by atoms with E-state index in [9.17, 15) is 27.6 Å². The van der Waals surface area contributed by atoms with Crippen LogP contribution in [0.1, 0.15) is 31.2 Å². The lowest BCUT2D eigenvalue weighted by Gasteiger charge is -2.18. The molecule has 0 aliphatic heterocycles. The van der Waals surface area contributed by atoms with Gasteiger partial charge in [0.25, 0.3) is 0 Å². The summed E-state index contributed by atoms with van der Waals surface area (Å²) in [7, 11) is 0. The molecule has 2 rings (SSSR count). The summed E-state index contributed by atoms with van der Waals surface area (Å²) >= 11 is 0. The molecule has 2 aromatic rings. The standard InChI is InChI=1S/C23H26F3N3O4/c24-23(25,26)15-20(30)27-14-8-7-13-19(21(31)28-18-11-5-2-6-12-18)29-22(32)33-16-17-9-3-1-4-10-17/h1-6,9-12,19H,7-8,13-16H2,(H,27,30)(H,28,31)(H,29,32)/t19-/m0/s1. The first-order chi connectivity index (χ1) is 15.7. The molecule has 3 N–H and O–H groups in total. The molecule has 0 heterocycles. The Bertz CT molecular complexity index is 893. The normalized spacial score (nSPS) is 11.8. The highest BCUT2D eigenvalue weighted by Gasteiger charge is 2.30. The number of carbonyl (C=O) groups excluding carboxylic acids is 3. The van der Waals surface area contributed by atoms with E-state index in [-0.39, 0.29) is 19.6 Å². The minimum Gasteiger partial charge on any atom is -0.445 e. The molecule has 0 bridgehead atoms. The number of anilines is 1. The minimum absolute atomic E-state index is 0.0282. The highest BCUT2D eigenvalue weighted by atomic mass is 19.4. The Kier molecular flexibility index (Phi) is 10.2. The topological polar surface area (TPSA) is 96.5 Å². The van der Waals surface area contributed by atoms with Gasteiger partial charge >= 0.3 is 12.3 Å². The third-order valence-electron chi connectivity index (χ3n) is 4.47. The van der Waals surface area contributed by atoms with E-state index in [4.69, 9.17) is 4.74 Å². The maximum Gasteiger partial charge on any atom is 0.408 e. The Morgan fingerprint density at radius 2 is 1.55 bits per heavy atom. The summed E-state index contributed by atoms with van der Waals surface area (Å²) in [6.45, 7) is 0.0608. The first-order valence-corrected chi connectivity index (χ1v) is 10.4. The molecular weight excluding hydrogens is 439 g/mol. The van der Waals surface area contributed by atoms with E-state index >= 15 is 0 Å². The van der Waals surface area contributed by atoms with Gasteiger partial charge in [-0.3, -0.25) is 9.59 Å². The molecule has 0 aliphatic carbocycles. The number of rotatable bonds is 11. The number of benzene rings is 2. The minimum atomic E-state index is -4.56. The molecule has 0 aliphatic rings. The Hall–Kier alpha value is -3.56. The van der Waals surface area contributed by atoms with Crippen molar-refractivity contribution in [2.75, 3.05) is 11.9 Å². The lowest BCUT2D eigenvalue weighted by atomic mass is 10.1. The molecule has 0 spiro atoms. The average Bonchev–Trinajstić information content (AvgIpc) is 2.77. The van der Waals surface area contributed by atoms with E-state index in [1.165, 1.54) is 0 Å². The molecule has 33 heavy (non-hydrogen) atoms. The monoisotopic (exact) mass is 465 g/mol. The fourth-order valence-electron chi connectivity index (χ4n) is 2.87. The molecule has 0 saturated carbocycles. The van der Waals surface area contributed by atoms with Crippen LogP contribution in [0.4, 0.5) is 23.7 Å². The summed E-state index contributed by atoms with van der Waals surface area (Å²) in [6.07, 6.45) is -5.96. The molecule has 2 aromatic carbocycles. The van der Waals surface area contributed by atoms with Crippen molar-refractivity contribution < 1.29 is 32.3 Å². The Balaban J connectivity index is 1.85. The number of para-hydroxylation sites is 1. The van der Waals surface area contributed by atoms with Crippen molar-refractivity contribution in [1.82, 2.24) is 10.6 Å². The van der Waals surface area contributed by atoms with Gasteiger partial charge in [0.15, 0.2) is 0 Å². The van der Waals surface area contributed by atoms with Crippen molar-refractivity contribution in [1.29, 1.82) is 0 Å². The summed E-state index contributed by atoms with van der Waals surface area (Å²) in [5.41, 5.74) is 1.33. The summed E-state index contributed by atoms with van der Waals surface area (Å²) in [6, 6.07) is 16.8. The molecule has 0 radical (unpaired) electrons. The van der Waals surface area contributed by atoms with Gasteiger partial charge in [0.2, 0.25) is 11.8 Å². The van der Waals surface area contributed by atoms with E-state index in [1.807, 2.05) is 6.07 Å². The Morgan fingerprint density at radius 1 is 0.909 bits per heavy atom. The summed E-state index contributed by atoms with van der Waals surface area (Å²) in [5.74, 6) is -1.57. The van der Waals surface area contributed by atoms with E-state index in [2.05, 4.69) is 16.0 Å². The zero-order valence-corrected chi connectivity index (χ0v) is 17.9. The van der Waals surface area contributed by atoms with Gasteiger partial charge in [-0.05, 0) is 37.0 Å². The number of alkyl carbamates (subject to hydrolysis) is 1. The Morgan fingerprint density at radius 3 is 2.18 bits per heavy atom. The highest BCUT2D eigenvalue weighted by molar-refractivity contribution is 5.96. The van der Waals surface area contributed by atoms with E-state index in [0.717, 1.165) is 5.56 Å². The van der Waals surface area contributed by atoms with E-state index in [1.54, 1.807) is 54.6 Å². The average molecular weight is 465 g/mol. The molecular formula is C23H26F3N3O4. The van der Waals surface area contributed by atoms with Crippen molar-refractivity contribution in [3.05, 3.63) is 66.2 Å². The predicted octanol–water partition coefficient (Wildman–Crippen LogP) is 4.16. The molecule has 1 atom stereocenters. The van der Waals surface area contributed by atoms with E-state index < -0.39 is 36.5 Å². The van der Waals surface area contributed by atoms with Gasteiger partial charge in [0.05, 0.1) is 0 Å². The van der Waals surface area contributed by atoms with Crippen molar-refractivity contribution in [2.24, 2.45) is 0 Å². The number of hydrogen-bond acceptors (Lipinski definition) is 4. The quantitative estimate of drug-likeness (QED) is 0.434. The summed E-state index contributed by atoms with van der Waals surface area (Å²) < 4.78 is 41.7. The lowest BCUT2D eigenvalue weighted by Crippen LogP contribution is -2.44. The van der Waals surface area contributed by atoms with Crippen LogP contribution in [0.25, 0.3) is 0 Å². The molecule has 0 saturated heterocycles. The predicted molar refractivity (Wildman–Crippen MR) is 116 cm³/mol. The second-order valence-corrected chi connectivity index (χ2v) is 7.25. The molecule has 0 aromatic heterocycles. The van der Waals surface area contributed by atoms with Gasteiger partial charge < -0.3 is 20.7 Å². The number of halogens is 3.